The minimum atomic E-state index is -0.460. The number of carbonyl (C=O) groups is 1. The molecule has 1 aliphatic rings. The van der Waals surface area contributed by atoms with Gasteiger partial charge < -0.3 is 4.74 Å². The van der Waals surface area contributed by atoms with Crippen molar-refractivity contribution in [3.8, 4) is 0 Å². The molecule has 0 unspecified atom stereocenters. The van der Waals surface area contributed by atoms with E-state index in [1.807, 2.05) is 32.4 Å². The highest BCUT2D eigenvalue weighted by atomic mass is 16.6. The molecule has 88 valence electrons. The maximum absolute atomic E-state index is 11.9. The Labute approximate surface area is 95.0 Å². The molecular formula is C11H17N3O2. The van der Waals surface area contributed by atoms with E-state index >= 15 is 0 Å². The van der Waals surface area contributed by atoms with Gasteiger partial charge in [-0.2, -0.15) is 5.10 Å². The van der Waals surface area contributed by atoms with Gasteiger partial charge in [0.1, 0.15) is 11.4 Å². The van der Waals surface area contributed by atoms with Crippen molar-refractivity contribution in [2.45, 2.75) is 39.8 Å². The Morgan fingerprint density at radius 2 is 2.12 bits per heavy atom. The molecule has 5 nitrogen and oxygen atoms in total. The Balaban J connectivity index is 2.19. The fourth-order valence-corrected chi connectivity index (χ4v) is 1.78. The van der Waals surface area contributed by atoms with E-state index in [0.29, 0.717) is 6.54 Å². The lowest BCUT2D eigenvalue weighted by molar-refractivity contribution is 0.0584. The summed E-state index contributed by atoms with van der Waals surface area (Å²) in [4.78, 5) is 13.6. The number of carbonyl (C=O) groups excluding carboxylic acids is 1. The molecule has 0 aromatic carbocycles. The summed E-state index contributed by atoms with van der Waals surface area (Å²) in [6.07, 6.45) is 1.47. The topological polar surface area (TPSA) is 47.4 Å². The summed E-state index contributed by atoms with van der Waals surface area (Å²) in [6, 6.07) is 0. The lowest BCUT2D eigenvalue weighted by Gasteiger charge is -2.24. The largest absolute Gasteiger partial charge is 0.443 e. The number of ether oxygens (including phenoxy) is 1. The summed E-state index contributed by atoms with van der Waals surface area (Å²) in [5, 5.41) is 4.19. The number of aromatic nitrogens is 2. The van der Waals surface area contributed by atoms with Gasteiger partial charge in [0.05, 0.1) is 19.3 Å². The van der Waals surface area contributed by atoms with E-state index in [9.17, 15) is 4.79 Å². The van der Waals surface area contributed by atoms with Crippen LogP contribution >= 0.6 is 0 Å². The third-order valence-electron chi connectivity index (χ3n) is 2.39. The molecule has 0 saturated heterocycles. The Morgan fingerprint density at radius 3 is 2.75 bits per heavy atom. The molecular weight excluding hydrogens is 206 g/mol. The van der Waals surface area contributed by atoms with Crippen molar-refractivity contribution < 1.29 is 9.53 Å². The van der Waals surface area contributed by atoms with Crippen LogP contribution in [0.5, 0.6) is 0 Å². The van der Waals surface area contributed by atoms with Crippen LogP contribution in [-0.2, 0) is 11.3 Å². The van der Waals surface area contributed by atoms with E-state index in [2.05, 4.69) is 5.10 Å². The summed E-state index contributed by atoms with van der Waals surface area (Å²) in [7, 11) is 0. The molecule has 1 aromatic heterocycles. The van der Waals surface area contributed by atoms with Crippen LogP contribution in [0.2, 0.25) is 0 Å². The smallest absolute Gasteiger partial charge is 0.416 e. The number of hydrogen-bond acceptors (Lipinski definition) is 3. The van der Waals surface area contributed by atoms with Crippen molar-refractivity contribution in [1.82, 2.24) is 9.78 Å². The van der Waals surface area contributed by atoms with Crippen molar-refractivity contribution >= 4 is 11.9 Å². The van der Waals surface area contributed by atoms with Crippen LogP contribution in [0, 0.1) is 6.92 Å². The Kier molecular flexibility index (Phi) is 2.40. The van der Waals surface area contributed by atoms with Crippen LogP contribution in [-0.4, -0.2) is 28.0 Å². The van der Waals surface area contributed by atoms with Crippen molar-refractivity contribution in [3.05, 3.63) is 11.8 Å². The number of fused-ring (bicyclic) bond motifs is 1. The summed E-state index contributed by atoms with van der Waals surface area (Å²) >= 11 is 0. The monoisotopic (exact) mass is 223 g/mol. The zero-order valence-electron chi connectivity index (χ0n) is 10.1. The number of hydrogen-bond donors (Lipinski definition) is 0. The average Bonchev–Trinajstić information content (AvgIpc) is 2.66. The standard InChI is InChI=1S/C11H17N3O2/c1-8-7-12-14-6-5-13(9(8)14)10(15)16-11(2,3)4/h7H,5-6H2,1-4H3. The zero-order chi connectivity index (χ0) is 11.9. The van der Waals surface area contributed by atoms with Gasteiger partial charge in [0.25, 0.3) is 0 Å². The first-order chi connectivity index (χ1) is 7.38. The normalized spacial score (nSPS) is 15.1. The van der Waals surface area contributed by atoms with Crippen LogP contribution in [0.25, 0.3) is 0 Å². The molecule has 0 bridgehead atoms. The fraction of sp³-hybridized carbons (Fsp3) is 0.636. The first-order valence-electron chi connectivity index (χ1n) is 5.41. The van der Waals surface area contributed by atoms with Crippen molar-refractivity contribution in [3.63, 3.8) is 0 Å². The van der Waals surface area contributed by atoms with E-state index in [1.54, 1.807) is 11.1 Å². The Morgan fingerprint density at radius 1 is 1.44 bits per heavy atom. The van der Waals surface area contributed by atoms with Gasteiger partial charge in [-0.05, 0) is 27.7 Å². The summed E-state index contributed by atoms with van der Waals surface area (Å²) in [5.74, 6) is 0.856. The second-order valence-electron chi connectivity index (χ2n) is 5.01. The van der Waals surface area contributed by atoms with Crippen molar-refractivity contribution in [1.29, 1.82) is 0 Å². The fourth-order valence-electron chi connectivity index (χ4n) is 1.78. The van der Waals surface area contributed by atoms with Gasteiger partial charge in [0.2, 0.25) is 0 Å². The molecule has 2 heterocycles. The molecule has 0 radical (unpaired) electrons. The minimum absolute atomic E-state index is 0.296. The highest BCUT2D eigenvalue weighted by Gasteiger charge is 2.30. The molecule has 16 heavy (non-hydrogen) atoms. The highest BCUT2D eigenvalue weighted by Crippen LogP contribution is 2.26. The van der Waals surface area contributed by atoms with Crippen molar-refractivity contribution in [2.75, 3.05) is 11.4 Å². The first kappa shape index (κ1) is 11.0. The summed E-state index contributed by atoms with van der Waals surface area (Å²) in [6.45, 7) is 8.92. The third kappa shape index (κ3) is 1.89. The van der Waals surface area contributed by atoms with Crippen LogP contribution in [0.1, 0.15) is 26.3 Å². The van der Waals surface area contributed by atoms with E-state index in [-0.39, 0.29) is 6.09 Å². The van der Waals surface area contributed by atoms with Crippen molar-refractivity contribution in [2.24, 2.45) is 0 Å². The molecule has 0 spiro atoms. The van der Waals surface area contributed by atoms with Gasteiger partial charge in [-0.3, -0.25) is 4.90 Å². The molecule has 2 rings (SSSR count). The predicted octanol–water partition coefficient (Wildman–Crippen LogP) is 1.95. The molecule has 1 amide bonds. The minimum Gasteiger partial charge on any atom is -0.443 e. The molecule has 0 saturated carbocycles. The predicted molar refractivity (Wildman–Crippen MR) is 60.5 cm³/mol. The van der Waals surface area contributed by atoms with Crippen LogP contribution in [0.3, 0.4) is 0 Å². The van der Waals surface area contributed by atoms with Crippen LogP contribution < -0.4 is 4.90 Å². The Hall–Kier alpha value is -1.52. The molecule has 0 fully saturated rings. The van der Waals surface area contributed by atoms with Gasteiger partial charge in [0.15, 0.2) is 0 Å². The summed E-state index contributed by atoms with van der Waals surface area (Å²) < 4.78 is 7.18. The quantitative estimate of drug-likeness (QED) is 0.675. The van der Waals surface area contributed by atoms with Gasteiger partial charge in [0, 0.05) is 5.56 Å². The van der Waals surface area contributed by atoms with Gasteiger partial charge in [-0.15, -0.1) is 0 Å². The van der Waals surface area contributed by atoms with Gasteiger partial charge in [-0.1, -0.05) is 0 Å². The number of amides is 1. The lowest BCUT2D eigenvalue weighted by Crippen LogP contribution is -2.35. The van der Waals surface area contributed by atoms with E-state index in [1.165, 1.54) is 0 Å². The molecule has 0 aliphatic carbocycles. The molecule has 0 atom stereocenters. The highest BCUT2D eigenvalue weighted by molar-refractivity contribution is 5.88. The molecule has 1 aliphatic heterocycles. The second-order valence-corrected chi connectivity index (χ2v) is 5.01. The number of aryl methyl sites for hydroxylation is 1. The van der Waals surface area contributed by atoms with Gasteiger partial charge in [-0.25, -0.2) is 9.48 Å². The SMILES string of the molecule is Cc1cnn2c1N(C(=O)OC(C)(C)C)CC2. The molecule has 0 N–H and O–H groups in total. The number of anilines is 1. The zero-order valence-corrected chi connectivity index (χ0v) is 10.1. The number of rotatable bonds is 0. The second kappa shape index (κ2) is 3.50. The van der Waals surface area contributed by atoms with E-state index in [0.717, 1.165) is 17.9 Å². The average molecular weight is 223 g/mol. The third-order valence-corrected chi connectivity index (χ3v) is 2.39. The summed E-state index contributed by atoms with van der Waals surface area (Å²) in [5.41, 5.74) is 0.543. The molecule has 1 aromatic rings. The van der Waals surface area contributed by atoms with E-state index in [4.69, 9.17) is 4.74 Å². The van der Waals surface area contributed by atoms with E-state index < -0.39 is 5.60 Å². The van der Waals surface area contributed by atoms with Crippen LogP contribution in [0.4, 0.5) is 10.6 Å². The van der Waals surface area contributed by atoms with Gasteiger partial charge >= 0.3 is 6.09 Å². The van der Waals surface area contributed by atoms with Crippen LogP contribution in [0.15, 0.2) is 6.20 Å². The first-order valence-corrected chi connectivity index (χ1v) is 5.41. The lowest BCUT2D eigenvalue weighted by atomic mass is 10.2. The number of nitrogens with zero attached hydrogens (tertiary/aromatic N) is 3. The molecule has 5 heteroatoms. The Bertz CT molecular complexity index is 417. The maximum atomic E-state index is 11.9. The maximum Gasteiger partial charge on any atom is 0.416 e.